The Morgan fingerprint density at radius 1 is 1.43 bits per heavy atom. The van der Waals surface area contributed by atoms with Crippen molar-refractivity contribution in [2.75, 3.05) is 6.54 Å². The van der Waals surface area contributed by atoms with Crippen LogP contribution in [0.2, 0.25) is 5.02 Å². The fourth-order valence-electron chi connectivity index (χ4n) is 1.78. The number of rotatable bonds is 1. The molecule has 1 aromatic carbocycles. The molecule has 1 heterocycles. The number of hydrogen-bond acceptors (Lipinski definition) is 1. The maximum Gasteiger partial charge on any atom is 0.220 e. The van der Waals surface area contributed by atoms with E-state index in [1.54, 1.807) is 0 Å². The average Bonchev–Trinajstić information content (AvgIpc) is 2.19. The predicted molar refractivity (Wildman–Crippen MR) is 56.4 cm³/mol. The Kier molecular flexibility index (Phi) is 2.73. The van der Waals surface area contributed by atoms with Crippen molar-refractivity contribution in [3.05, 3.63) is 34.9 Å². The maximum atomic E-state index is 11.0. The third-order valence-corrected chi connectivity index (χ3v) is 2.82. The monoisotopic (exact) mass is 209 g/mol. The van der Waals surface area contributed by atoms with E-state index >= 15 is 0 Å². The van der Waals surface area contributed by atoms with E-state index in [4.69, 9.17) is 11.6 Å². The third kappa shape index (κ3) is 2.07. The fourth-order valence-corrected chi connectivity index (χ4v) is 1.98. The first-order chi connectivity index (χ1) is 6.75. The van der Waals surface area contributed by atoms with E-state index in [0.29, 0.717) is 12.3 Å². The van der Waals surface area contributed by atoms with Crippen LogP contribution in [0.3, 0.4) is 0 Å². The second-order valence-electron chi connectivity index (χ2n) is 3.59. The number of carbonyl (C=O) groups is 1. The van der Waals surface area contributed by atoms with Gasteiger partial charge in [0.15, 0.2) is 0 Å². The Bertz CT molecular complexity index is 341. The minimum Gasteiger partial charge on any atom is -0.355 e. The van der Waals surface area contributed by atoms with Gasteiger partial charge >= 0.3 is 0 Å². The molecule has 1 fully saturated rings. The van der Waals surface area contributed by atoms with E-state index < -0.39 is 0 Å². The summed E-state index contributed by atoms with van der Waals surface area (Å²) in [6.45, 7) is 0.735. The lowest BCUT2D eigenvalue weighted by molar-refractivity contribution is -0.122. The van der Waals surface area contributed by atoms with Crippen molar-refractivity contribution in [1.82, 2.24) is 5.32 Å². The first kappa shape index (κ1) is 9.53. The van der Waals surface area contributed by atoms with Crippen LogP contribution in [0, 0.1) is 0 Å². The van der Waals surface area contributed by atoms with Crippen LogP contribution < -0.4 is 5.32 Å². The summed E-state index contributed by atoms with van der Waals surface area (Å²) < 4.78 is 0. The molecule has 3 heteroatoms. The summed E-state index contributed by atoms with van der Waals surface area (Å²) in [6.07, 6.45) is 1.54. The van der Waals surface area contributed by atoms with Gasteiger partial charge in [0.1, 0.15) is 0 Å². The molecule has 0 radical (unpaired) electrons. The minimum atomic E-state index is 0.156. The topological polar surface area (TPSA) is 29.1 Å². The molecule has 2 nitrogen and oxygen atoms in total. The molecular weight excluding hydrogens is 198 g/mol. The van der Waals surface area contributed by atoms with Crippen LogP contribution in [-0.4, -0.2) is 12.5 Å². The molecule has 0 saturated carbocycles. The van der Waals surface area contributed by atoms with Crippen LogP contribution in [0.1, 0.15) is 24.3 Å². The van der Waals surface area contributed by atoms with Gasteiger partial charge in [0.2, 0.25) is 5.91 Å². The van der Waals surface area contributed by atoms with Crippen LogP contribution >= 0.6 is 11.6 Å². The van der Waals surface area contributed by atoms with Crippen molar-refractivity contribution in [3.63, 3.8) is 0 Å². The van der Waals surface area contributed by atoms with Gasteiger partial charge in [0, 0.05) is 23.9 Å². The number of halogens is 1. The summed E-state index contributed by atoms with van der Waals surface area (Å²) >= 11 is 5.91. The Labute approximate surface area is 88.3 Å². The average molecular weight is 210 g/mol. The van der Waals surface area contributed by atoms with E-state index in [2.05, 4.69) is 11.4 Å². The van der Waals surface area contributed by atoms with Gasteiger partial charge in [-0.25, -0.2) is 0 Å². The summed E-state index contributed by atoms with van der Waals surface area (Å²) in [7, 11) is 0. The summed E-state index contributed by atoms with van der Waals surface area (Å²) in [4.78, 5) is 11.0. The van der Waals surface area contributed by atoms with Gasteiger partial charge in [-0.05, 0) is 24.1 Å². The summed E-state index contributed by atoms with van der Waals surface area (Å²) in [5.41, 5.74) is 1.22. The van der Waals surface area contributed by atoms with Crippen LogP contribution in [0.25, 0.3) is 0 Å². The van der Waals surface area contributed by atoms with Gasteiger partial charge in [0.05, 0.1) is 0 Å². The van der Waals surface area contributed by atoms with Crippen LogP contribution in [0.4, 0.5) is 0 Å². The van der Waals surface area contributed by atoms with Crippen molar-refractivity contribution in [2.45, 2.75) is 18.8 Å². The van der Waals surface area contributed by atoms with Crippen molar-refractivity contribution in [3.8, 4) is 0 Å². The van der Waals surface area contributed by atoms with Crippen LogP contribution in [-0.2, 0) is 4.79 Å². The number of hydrogen-bond donors (Lipinski definition) is 1. The molecule has 0 spiro atoms. The number of piperidine rings is 1. The fraction of sp³-hybridized carbons (Fsp3) is 0.364. The normalized spacial score (nSPS) is 21.8. The summed E-state index contributed by atoms with van der Waals surface area (Å²) in [5.74, 6) is 0.578. The zero-order chi connectivity index (χ0) is 9.97. The molecule has 1 aromatic rings. The van der Waals surface area contributed by atoms with Gasteiger partial charge in [-0.2, -0.15) is 0 Å². The predicted octanol–water partition coefficient (Wildman–Crippen LogP) is 2.33. The highest BCUT2D eigenvalue weighted by atomic mass is 35.5. The molecule has 1 saturated heterocycles. The summed E-state index contributed by atoms with van der Waals surface area (Å²) in [5, 5.41) is 3.63. The lowest BCUT2D eigenvalue weighted by atomic mass is 9.91. The maximum absolute atomic E-state index is 11.0. The molecule has 14 heavy (non-hydrogen) atoms. The molecule has 0 bridgehead atoms. The van der Waals surface area contributed by atoms with Crippen LogP contribution in [0.5, 0.6) is 0 Å². The zero-order valence-corrected chi connectivity index (χ0v) is 8.55. The van der Waals surface area contributed by atoms with Gasteiger partial charge in [-0.3, -0.25) is 4.79 Å². The molecule has 2 rings (SSSR count). The smallest absolute Gasteiger partial charge is 0.220 e. The standard InChI is InChI=1S/C11H12ClNO/c12-10-3-1-2-8(6-10)9-4-5-11(14)13-7-9/h1-3,6,9H,4-5,7H2,(H,13,14). The molecule has 0 aromatic heterocycles. The molecule has 74 valence electrons. The molecule has 1 N–H and O–H groups in total. The highest BCUT2D eigenvalue weighted by Gasteiger charge is 2.19. The van der Waals surface area contributed by atoms with E-state index in [1.165, 1.54) is 5.56 Å². The first-order valence-corrected chi connectivity index (χ1v) is 5.15. The van der Waals surface area contributed by atoms with E-state index in [1.807, 2.05) is 18.2 Å². The molecule has 1 aliphatic heterocycles. The molecule has 1 unspecified atom stereocenters. The zero-order valence-electron chi connectivity index (χ0n) is 7.79. The highest BCUT2D eigenvalue weighted by molar-refractivity contribution is 6.30. The van der Waals surface area contributed by atoms with Crippen molar-refractivity contribution in [1.29, 1.82) is 0 Å². The lowest BCUT2D eigenvalue weighted by Gasteiger charge is -2.22. The third-order valence-electron chi connectivity index (χ3n) is 2.59. The van der Waals surface area contributed by atoms with Crippen molar-refractivity contribution in [2.24, 2.45) is 0 Å². The number of nitrogens with one attached hydrogen (secondary N) is 1. The molecule has 1 atom stereocenters. The Hall–Kier alpha value is -1.02. The Balaban J connectivity index is 2.12. The number of benzene rings is 1. The quantitative estimate of drug-likeness (QED) is 0.756. The van der Waals surface area contributed by atoms with E-state index in [9.17, 15) is 4.79 Å². The molecule has 0 aliphatic carbocycles. The first-order valence-electron chi connectivity index (χ1n) is 4.78. The lowest BCUT2D eigenvalue weighted by Crippen LogP contribution is -2.33. The Morgan fingerprint density at radius 2 is 2.29 bits per heavy atom. The van der Waals surface area contributed by atoms with Crippen molar-refractivity contribution < 1.29 is 4.79 Å². The second kappa shape index (κ2) is 4.01. The van der Waals surface area contributed by atoms with Gasteiger partial charge in [-0.1, -0.05) is 23.7 Å². The van der Waals surface area contributed by atoms with E-state index in [0.717, 1.165) is 18.0 Å². The Morgan fingerprint density at radius 3 is 2.93 bits per heavy atom. The van der Waals surface area contributed by atoms with Crippen molar-refractivity contribution >= 4 is 17.5 Å². The molecule has 1 amide bonds. The van der Waals surface area contributed by atoms with Gasteiger partial charge in [-0.15, -0.1) is 0 Å². The van der Waals surface area contributed by atoms with E-state index in [-0.39, 0.29) is 5.91 Å². The number of amides is 1. The largest absolute Gasteiger partial charge is 0.355 e. The molecule has 1 aliphatic rings. The number of carbonyl (C=O) groups excluding carboxylic acids is 1. The SMILES string of the molecule is O=C1CCC(c2cccc(Cl)c2)CN1. The highest BCUT2D eigenvalue weighted by Crippen LogP contribution is 2.25. The van der Waals surface area contributed by atoms with Crippen LogP contribution in [0.15, 0.2) is 24.3 Å². The van der Waals surface area contributed by atoms with Gasteiger partial charge < -0.3 is 5.32 Å². The van der Waals surface area contributed by atoms with Gasteiger partial charge in [0.25, 0.3) is 0 Å². The summed E-state index contributed by atoms with van der Waals surface area (Å²) in [6, 6.07) is 7.86. The minimum absolute atomic E-state index is 0.156. The second-order valence-corrected chi connectivity index (χ2v) is 4.03. The molecular formula is C11H12ClNO.